The molecule has 0 fully saturated rings. The van der Waals surface area contributed by atoms with Crippen LogP contribution in [0.3, 0.4) is 0 Å². The second-order valence-corrected chi connectivity index (χ2v) is 5.08. The van der Waals surface area contributed by atoms with E-state index in [1.807, 2.05) is 6.92 Å². The van der Waals surface area contributed by atoms with Crippen LogP contribution in [0.2, 0.25) is 0 Å². The van der Waals surface area contributed by atoms with Crippen LogP contribution in [-0.4, -0.2) is 17.7 Å². The molecular formula is C17H18O5. The van der Waals surface area contributed by atoms with Crippen molar-refractivity contribution < 1.29 is 19.1 Å². The Bertz CT molecular complexity index is 827. The van der Waals surface area contributed by atoms with Crippen molar-refractivity contribution in [1.29, 1.82) is 0 Å². The van der Waals surface area contributed by atoms with E-state index in [0.717, 1.165) is 10.9 Å². The van der Waals surface area contributed by atoms with Crippen molar-refractivity contribution in [2.24, 2.45) is 0 Å². The van der Waals surface area contributed by atoms with Gasteiger partial charge in [-0.25, -0.2) is 9.59 Å². The molecule has 0 amide bonds. The van der Waals surface area contributed by atoms with Gasteiger partial charge in [-0.15, -0.1) is 0 Å². The number of ether oxygens (including phenoxy) is 1. The maximum absolute atomic E-state index is 11.7. The van der Waals surface area contributed by atoms with Crippen molar-refractivity contribution >= 4 is 22.5 Å². The van der Waals surface area contributed by atoms with Crippen molar-refractivity contribution in [1.82, 2.24) is 0 Å². The number of phenolic OH excluding ortho intramolecular Hbond substituents is 1. The van der Waals surface area contributed by atoms with Crippen LogP contribution in [0, 0.1) is 13.8 Å². The molecule has 1 aromatic carbocycles. The SMILES string of the molecule is CCOC(=O)/C=C(\C)c1cc2c(C)c(C)c(=O)oc2cc1O. The molecule has 0 atom stereocenters. The predicted molar refractivity (Wildman–Crippen MR) is 83.9 cm³/mol. The van der Waals surface area contributed by atoms with Gasteiger partial charge >= 0.3 is 11.6 Å². The zero-order chi connectivity index (χ0) is 16.4. The van der Waals surface area contributed by atoms with Crippen LogP contribution < -0.4 is 5.63 Å². The zero-order valence-corrected chi connectivity index (χ0v) is 13.0. The second-order valence-electron chi connectivity index (χ2n) is 5.08. The Hall–Kier alpha value is -2.56. The molecule has 5 heteroatoms. The average molecular weight is 302 g/mol. The molecule has 1 heterocycles. The molecule has 0 aliphatic carbocycles. The Morgan fingerprint density at radius 3 is 2.64 bits per heavy atom. The van der Waals surface area contributed by atoms with Crippen molar-refractivity contribution in [2.75, 3.05) is 6.61 Å². The lowest BCUT2D eigenvalue weighted by atomic mass is 10.00. The number of benzene rings is 1. The summed E-state index contributed by atoms with van der Waals surface area (Å²) in [6.07, 6.45) is 1.33. The molecule has 0 bridgehead atoms. The lowest BCUT2D eigenvalue weighted by Gasteiger charge is -2.09. The quantitative estimate of drug-likeness (QED) is 0.535. The number of esters is 1. The Labute approximate surface area is 127 Å². The molecule has 0 saturated carbocycles. The van der Waals surface area contributed by atoms with E-state index in [1.165, 1.54) is 12.1 Å². The minimum Gasteiger partial charge on any atom is -0.507 e. The van der Waals surface area contributed by atoms with Crippen molar-refractivity contribution in [2.45, 2.75) is 27.7 Å². The Morgan fingerprint density at radius 2 is 2.00 bits per heavy atom. The average Bonchev–Trinajstić information content (AvgIpc) is 2.44. The number of fused-ring (bicyclic) bond motifs is 1. The van der Waals surface area contributed by atoms with Gasteiger partial charge in [0, 0.05) is 28.7 Å². The van der Waals surface area contributed by atoms with Gasteiger partial charge in [-0.1, -0.05) is 0 Å². The van der Waals surface area contributed by atoms with Gasteiger partial charge in [0.05, 0.1) is 6.61 Å². The smallest absolute Gasteiger partial charge is 0.339 e. The highest BCUT2D eigenvalue weighted by Crippen LogP contribution is 2.31. The summed E-state index contributed by atoms with van der Waals surface area (Å²) in [5.41, 5.74) is 2.28. The third-order valence-corrected chi connectivity index (χ3v) is 3.62. The molecule has 2 rings (SSSR count). The minimum absolute atomic E-state index is 0.0584. The summed E-state index contributed by atoms with van der Waals surface area (Å²) in [6, 6.07) is 3.10. The third-order valence-electron chi connectivity index (χ3n) is 3.62. The van der Waals surface area contributed by atoms with Crippen LogP contribution >= 0.6 is 0 Å². The van der Waals surface area contributed by atoms with Crippen molar-refractivity contribution in [3.8, 4) is 5.75 Å². The van der Waals surface area contributed by atoms with Crippen LogP contribution in [0.15, 0.2) is 27.4 Å². The predicted octanol–water partition coefficient (Wildman–Crippen LogP) is 3.08. The molecule has 0 spiro atoms. The first kappa shape index (κ1) is 15.8. The monoisotopic (exact) mass is 302 g/mol. The van der Waals surface area contributed by atoms with Crippen LogP contribution in [0.4, 0.5) is 0 Å². The molecule has 0 radical (unpaired) electrons. The summed E-state index contributed by atoms with van der Waals surface area (Å²) < 4.78 is 10.0. The van der Waals surface area contributed by atoms with E-state index in [1.54, 1.807) is 26.8 Å². The van der Waals surface area contributed by atoms with Crippen molar-refractivity contribution in [3.05, 3.63) is 45.3 Å². The molecule has 0 aliphatic rings. The molecule has 2 aromatic rings. The highest BCUT2D eigenvalue weighted by atomic mass is 16.5. The minimum atomic E-state index is -0.466. The summed E-state index contributed by atoms with van der Waals surface area (Å²) in [7, 11) is 0. The Morgan fingerprint density at radius 1 is 1.32 bits per heavy atom. The lowest BCUT2D eigenvalue weighted by Crippen LogP contribution is -2.06. The van der Waals surface area contributed by atoms with Gasteiger partial charge < -0.3 is 14.3 Å². The Kier molecular flexibility index (Phi) is 4.35. The topological polar surface area (TPSA) is 76.7 Å². The number of aromatic hydroxyl groups is 1. The first-order chi connectivity index (χ1) is 10.3. The normalized spacial score (nSPS) is 11.7. The molecule has 1 aromatic heterocycles. The Balaban J connectivity index is 2.63. The van der Waals surface area contributed by atoms with Gasteiger partial charge in [-0.3, -0.25) is 0 Å². The summed E-state index contributed by atoms with van der Waals surface area (Å²) in [5, 5.41) is 10.8. The molecular weight excluding hydrogens is 284 g/mol. The lowest BCUT2D eigenvalue weighted by molar-refractivity contribution is -0.137. The van der Waals surface area contributed by atoms with Gasteiger partial charge in [0.15, 0.2) is 0 Å². The van der Waals surface area contributed by atoms with E-state index < -0.39 is 11.6 Å². The van der Waals surface area contributed by atoms with E-state index in [2.05, 4.69) is 0 Å². The number of hydrogen-bond acceptors (Lipinski definition) is 5. The molecule has 0 unspecified atom stereocenters. The van der Waals surface area contributed by atoms with E-state index in [4.69, 9.17) is 9.15 Å². The molecule has 22 heavy (non-hydrogen) atoms. The number of carbonyl (C=O) groups is 1. The van der Waals surface area contributed by atoms with Crippen LogP contribution in [0.25, 0.3) is 16.5 Å². The highest BCUT2D eigenvalue weighted by Gasteiger charge is 2.13. The first-order valence-corrected chi connectivity index (χ1v) is 6.97. The van der Waals surface area contributed by atoms with Gasteiger partial charge in [0.25, 0.3) is 0 Å². The number of hydrogen-bond donors (Lipinski definition) is 1. The maximum atomic E-state index is 11.7. The second kappa shape index (κ2) is 6.05. The molecule has 0 saturated heterocycles. The van der Waals surface area contributed by atoms with Crippen LogP contribution in [-0.2, 0) is 9.53 Å². The number of phenols is 1. The third kappa shape index (κ3) is 2.88. The fourth-order valence-corrected chi connectivity index (χ4v) is 2.23. The number of allylic oxidation sites excluding steroid dienone is 1. The zero-order valence-electron chi connectivity index (χ0n) is 13.0. The largest absolute Gasteiger partial charge is 0.507 e. The van der Waals surface area contributed by atoms with E-state index in [0.29, 0.717) is 22.3 Å². The van der Waals surface area contributed by atoms with Crippen LogP contribution in [0.1, 0.15) is 30.5 Å². The molecule has 5 nitrogen and oxygen atoms in total. The molecule has 116 valence electrons. The van der Waals surface area contributed by atoms with Gasteiger partial charge in [0.1, 0.15) is 11.3 Å². The summed E-state index contributed by atoms with van der Waals surface area (Å²) in [4.78, 5) is 23.2. The fourth-order valence-electron chi connectivity index (χ4n) is 2.23. The molecule has 1 N–H and O–H groups in total. The number of rotatable bonds is 3. The van der Waals surface area contributed by atoms with Crippen LogP contribution in [0.5, 0.6) is 5.75 Å². The van der Waals surface area contributed by atoms with Gasteiger partial charge in [-0.05, 0) is 44.9 Å². The summed E-state index contributed by atoms with van der Waals surface area (Å²) in [5.74, 6) is -0.524. The van der Waals surface area contributed by atoms with E-state index in [-0.39, 0.29) is 12.4 Å². The summed E-state index contributed by atoms with van der Waals surface area (Å²) in [6.45, 7) is 7.23. The standard InChI is InChI=1S/C17H18O5/c1-5-21-16(19)6-9(2)12-7-13-10(3)11(4)17(20)22-15(13)8-14(12)18/h6-8,18H,5H2,1-4H3/b9-6+. The summed E-state index contributed by atoms with van der Waals surface area (Å²) >= 11 is 0. The van der Waals surface area contributed by atoms with Crippen molar-refractivity contribution in [3.63, 3.8) is 0 Å². The molecule has 0 aliphatic heterocycles. The van der Waals surface area contributed by atoms with E-state index in [9.17, 15) is 14.7 Å². The van der Waals surface area contributed by atoms with E-state index >= 15 is 0 Å². The maximum Gasteiger partial charge on any atom is 0.339 e. The number of aryl methyl sites for hydroxylation is 1. The first-order valence-electron chi connectivity index (χ1n) is 6.97. The number of carbonyl (C=O) groups excluding carboxylic acids is 1. The highest BCUT2D eigenvalue weighted by molar-refractivity contribution is 5.94. The van der Waals surface area contributed by atoms with Gasteiger partial charge in [0.2, 0.25) is 0 Å². The van der Waals surface area contributed by atoms with Gasteiger partial charge in [-0.2, -0.15) is 0 Å². The fraction of sp³-hybridized carbons (Fsp3) is 0.294.